The Balaban J connectivity index is 2.21. The van der Waals surface area contributed by atoms with Crippen molar-refractivity contribution in [3.63, 3.8) is 0 Å². The molecule has 0 aliphatic carbocycles. The van der Waals surface area contributed by atoms with Gasteiger partial charge >= 0.3 is 0 Å². The molecule has 0 spiro atoms. The molecule has 2 rings (SSSR count). The highest BCUT2D eigenvalue weighted by atomic mass is 79.9. The topological polar surface area (TPSA) is 47.0 Å². The van der Waals surface area contributed by atoms with Gasteiger partial charge in [-0.15, -0.1) is 0 Å². The normalized spacial score (nSPS) is 10.4. The maximum absolute atomic E-state index is 13.7. The number of aryl methyl sites for hydroxylation is 1. The first-order chi connectivity index (χ1) is 9.58. The number of rotatable bonds is 5. The summed E-state index contributed by atoms with van der Waals surface area (Å²) >= 11 is 3.20. The van der Waals surface area contributed by atoms with Gasteiger partial charge in [0.05, 0.1) is 0 Å². The molecule has 1 aromatic carbocycles. The number of hydrogen-bond donors (Lipinski definition) is 1. The Morgan fingerprint density at radius 3 is 2.80 bits per heavy atom. The molecule has 0 bridgehead atoms. The zero-order chi connectivity index (χ0) is 14.5. The van der Waals surface area contributed by atoms with Gasteiger partial charge in [-0.2, -0.15) is 4.98 Å². The molecule has 0 aliphatic heterocycles. The summed E-state index contributed by atoms with van der Waals surface area (Å²) in [4.78, 5) is 8.45. The molecule has 0 atom stereocenters. The molecule has 106 valence electrons. The van der Waals surface area contributed by atoms with E-state index in [1.54, 1.807) is 18.2 Å². The van der Waals surface area contributed by atoms with E-state index < -0.39 is 5.82 Å². The van der Waals surface area contributed by atoms with Crippen LogP contribution >= 0.6 is 15.9 Å². The number of ether oxygens (including phenoxy) is 1. The number of nitrogens with zero attached hydrogens (tertiary/aromatic N) is 2. The lowest BCUT2D eigenvalue weighted by Crippen LogP contribution is -2.06. The van der Waals surface area contributed by atoms with Crippen molar-refractivity contribution < 1.29 is 9.13 Å². The summed E-state index contributed by atoms with van der Waals surface area (Å²) in [6.45, 7) is 4.66. The zero-order valence-corrected chi connectivity index (χ0v) is 12.9. The van der Waals surface area contributed by atoms with E-state index in [0.29, 0.717) is 16.3 Å². The number of nitrogens with one attached hydrogen (secondary N) is 1. The monoisotopic (exact) mass is 339 g/mol. The molecule has 4 nitrogen and oxygen atoms in total. The zero-order valence-electron chi connectivity index (χ0n) is 11.3. The number of aromatic nitrogens is 2. The lowest BCUT2D eigenvalue weighted by Gasteiger charge is -2.09. The Morgan fingerprint density at radius 1 is 1.30 bits per heavy atom. The van der Waals surface area contributed by atoms with Gasteiger partial charge in [-0.05, 0) is 31.5 Å². The molecular weight excluding hydrogens is 325 g/mol. The maximum atomic E-state index is 13.7. The van der Waals surface area contributed by atoms with Gasteiger partial charge in [-0.25, -0.2) is 9.37 Å². The van der Waals surface area contributed by atoms with Crippen LogP contribution < -0.4 is 10.1 Å². The minimum absolute atomic E-state index is 0.132. The number of halogens is 2. The van der Waals surface area contributed by atoms with E-state index in [0.717, 1.165) is 18.7 Å². The Hall–Kier alpha value is -1.69. The van der Waals surface area contributed by atoms with Gasteiger partial charge in [0.1, 0.15) is 0 Å². The molecule has 0 radical (unpaired) electrons. The van der Waals surface area contributed by atoms with Crippen LogP contribution in [0.5, 0.6) is 11.6 Å². The van der Waals surface area contributed by atoms with E-state index in [1.165, 1.54) is 6.07 Å². The van der Waals surface area contributed by atoms with Crippen LogP contribution in [0.2, 0.25) is 0 Å². The summed E-state index contributed by atoms with van der Waals surface area (Å²) in [5, 5.41) is 3.08. The summed E-state index contributed by atoms with van der Waals surface area (Å²) in [5.74, 6) is 0.489. The summed E-state index contributed by atoms with van der Waals surface area (Å²) in [5.41, 5.74) is 0.756. The van der Waals surface area contributed by atoms with Crippen molar-refractivity contribution in [2.75, 3.05) is 11.9 Å². The largest absolute Gasteiger partial charge is 0.436 e. The molecule has 1 heterocycles. The van der Waals surface area contributed by atoms with Crippen LogP contribution in [0.25, 0.3) is 0 Å². The number of anilines is 1. The van der Waals surface area contributed by atoms with Gasteiger partial charge in [0.25, 0.3) is 0 Å². The van der Waals surface area contributed by atoms with Crippen LogP contribution in [0, 0.1) is 12.7 Å². The third-order valence-electron chi connectivity index (χ3n) is 2.47. The van der Waals surface area contributed by atoms with Crippen molar-refractivity contribution in [3.8, 4) is 11.6 Å². The van der Waals surface area contributed by atoms with Crippen molar-refractivity contribution in [3.05, 3.63) is 40.2 Å². The van der Waals surface area contributed by atoms with Crippen LogP contribution in [0.4, 0.5) is 10.3 Å². The Bertz CT molecular complexity index is 607. The molecule has 0 saturated heterocycles. The highest BCUT2D eigenvalue weighted by molar-refractivity contribution is 9.10. The summed E-state index contributed by atoms with van der Waals surface area (Å²) in [6.07, 6.45) is 0.967. The van der Waals surface area contributed by atoms with E-state index in [-0.39, 0.29) is 5.75 Å². The molecule has 0 fully saturated rings. The third-order valence-corrected chi connectivity index (χ3v) is 2.97. The third kappa shape index (κ3) is 3.90. The van der Waals surface area contributed by atoms with Crippen molar-refractivity contribution in [2.24, 2.45) is 0 Å². The van der Waals surface area contributed by atoms with Crippen LogP contribution in [-0.4, -0.2) is 16.5 Å². The average Bonchev–Trinajstić information content (AvgIpc) is 2.39. The van der Waals surface area contributed by atoms with Gasteiger partial charge in [0, 0.05) is 22.8 Å². The summed E-state index contributed by atoms with van der Waals surface area (Å²) < 4.78 is 19.9. The van der Waals surface area contributed by atoms with E-state index in [2.05, 4.69) is 38.1 Å². The summed E-state index contributed by atoms with van der Waals surface area (Å²) in [7, 11) is 0. The van der Waals surface area contributed by atoms with Crippen molar-refractivity contribution in [1.29, 1.82) is 0 Å². The molecule has 1 aromatic heterocycles. The van der Waals surface area contributed by atoms with Gasteiger partial charge in [-0.3, -0.25) is 0 Å². The molecule has 6 heteroatoms. The molecule has 0 amide bonds. The minimum atomic E-state index is -0.446. The average molecular weight is 340 g/mol. The maximum Gasteiger partial charge on any atom is 0.226 e. The van der Waals surface area contributed by atoms with Gasteiger partial charge < -0.3 is 10.1 Å². The van der Waals surface area contributed by atoms with Gasteiger partial charge in [0.15, 0.2) is 11.6 Å². The highest BCUT2D eigenvalue weighted by Gasteiger charge is 2.08. The smallest absolute Gasteiger partial charge is 0.226 e. The second kappa shape index (κ2) is 6.65. The van der Waals surface area contributed by atoms with Crippen LogP contribution in [0.15, 0.2) is 28.7 Å². The first-order valence-electron chi connectivity index (χ1n) is 6.31. The second-order valence-corrected chi connectivity index (χ2v) is 5.19. The molecule has 0 saturated carbocycles. The minimum Gasteiger partial charge on any atom is -0.436 e. The van der Waals surface area contributed by atoms with Crippen LogP contribution in [0.3, 0.4) is 0 Å². The molecule has 1 N–H and O–H groups in total. The Kier molecular flexibility index (Phi) is 4.89. The Morgan fingerprint density at radius 2 is 2.10 bits per heavy atom. The first-order valence-corrected chi connectivity index (χ1v) is 7.10. The van der Waals surface area contributed by atoms with E-state index >= 15 is 0 Å². The van der Waals surface area contributed by atoms with Gasteiger partial charge in [0.2, 0.25) is 11.8 Å². The first kappa shape index (κ1) is 14.7. The van der Waals surface area contributed by atoms with E-state index in [4.69, 9.17) is 4.74 Å². The number of hydrogen-bond acceptors (Lipinski definition) is 4. The van der Waals surface area contributed by atoms with Crippen molar-refractivity contribution in [2.45, 2.75) is 20.3 Å². The SMILES string of the molecule is CCCNc1nc(C)cc(Oc2ccc(Br)cc2F)n1. The van der Waals surface area contributed by atoms with Crippen LogP contribution in [-0.2, 0) is 0 Å². The molecule has 2 aromatic rings. The number of benzene rings is 1. The fourth-order valence-electron chi connectivity index (χ4n) is 1.58. The lowest BCUT2D eigenvalue weighted by atomic mass is 10.3. The van der Waals surface area contributed by atoms with Gasteiger partial charge in [-0.1, -0.05) is 22.9 Å². The van der Waals surface area contributed by atoms with Crippen LogP contribution in [0.1, 0.15) is 19.0 Å². The molecular formula is C14H15BrFN3O. The predicted molar refractivity (Wildman–Crippen MR) is 79.7 cm³/mol. The molecule has 0 unspecified atom stereocenters. The van der Waals surface area contributed by atoms with Crippen molar-refractivity contribution in [1.82, 2.24) is 9.97 Å². The standard InChI is InChI=1S/C14H15BrFN3O/c1-3-6-17-14-18-9(2)7-13(19-14)20-12-5-4-10(15)8-11(12)16/h4-5,7-8H,3,6H2,1-2H3,(H,17,18,19). The van der Waals surface area contributed by atoms with Crippen molar-refractivity contribution >= 4 is 21.9 Å². The second-order valence-electron chi connectivity index (χ2n) is 4.27. The quantitative estimate of drug-likeness (QED) is 0.882. The lowest BCUT2D eigenvalue weighted by molar-refractivity contribution is 0.426. The fraction of sp³-hybridized carbons (Fsp3) is 0.286. The molecule has 0 aliphatic rings. The summed E-state index contributed by atoms with van der Waals surface area (Å²) in [6, 6.07) is 6.27. The molecule has 20 heavy (non-hydrogen) atoms. The highest BCUT2D eigenvalue weighted by Crippen LogP contribution is 2.26. The van der Waals surface area contributed by atoms with E-state index in [1.807, 2.05) is 6.92 Å². The fourth-order valence-corrected chi connectivity index (χ4v) is 1.91. The predicted octanol–water partition coefficient (Wildman–Crippen LogP) is 4.30. The van der Waals surface area contributed by atoms with E-state index in [9.17, 15) is 4.39 Å². The Labute approximate surface area is 125 Å².